The molecule has 0 radical (unpaired) electrons. The third-order valence-electron chi connectivity index (χ3n) is 1.38. The molecule has 1 aromatic heterocycles. The fourth-order valence-electron chi connectivity index (χ4n) is 0.767. The Morgan fingerprint density at radius 1 is 1.64 bits per heavy atom. The second-order valence-corrected chi connectivity index (χ2v) is 2.22. The number of nitrogens with zero attached hydrogens (tertiary/aromatic N) is 4. The molecule has 0 amide bonds. The first-order valence-electron chi connectivity index (χ1n) is 3.61. The molecule has 3 N–H and O–H groups in total. The van der Waals surface area contributed by atoms with E-state index in [0.29, 0.717) is 5.95 Å². The van der Waals surface area contributed by atoms with Crippen LogP contribution >= 0.6 is 0 Å². The van der Waals surface area contributed by atoms with Gasteiger partial charge in [-0.15, -0.1) is 0 Å². The van der Waals surface area contributed by atoms with Crippen LogP contribution in [0.4, 0.5) is 5.95 Å². The van der Waals surface area contributed by atoms with Crippen LogP contribution in [0.3, 0.4) is 0 Å². The molecule has 0 aliphatic carbocycles. The standard InChI is InChI=1S/C5H12N6/c1-2-3-4-11-5(7-6)8-9-10-11/h2-4,6H2,1H3,(H,7,8,10). The molecule has 1 aromatic rings. The predicted molar refractivity (Wildman–Crippen MR) is 40.5 cm³/mol. The molecule has 6 nitrogen and oxygen atoms in total. The van der Waals surface area contributed by atoms with Crippen LogP contribution in [0, 0.1) is 0 Å². The molecule has 6 heteroatoms. The number of aromatic nitrogens is 4. The van der Waals surface area contributed by atoms with Crippen molar-refractivity contribution in [2.24, 2.45) is 5.84 Å². The van der Waals surface area contributed by atoms with Crippen molar-refractivity contribution in [1.29, 1.82) is 0 Å². The third-order valence-corrected chi connectivity index (χ3v) is 1.38. The minimum absolute atomic E-state index is 0.512. The Balaban J connectivity index is 2.54. The topological polar surface area (TPSA) is 81.7 Å². The smallest absolute Gasteiger partial charge is 0.257 e. The average Bonchev–Trinajstić information content (AvgIpc) is 2.47. The van der Waals surface area contributed by atoms with Crippen molar-refractivity contribution >= 4 is 5.95 Å². The Hall–Kier alpha value is -1.17. The number of unbranched alkanes of at least 4 members (excludes halogenated alkanes) is 1. The van der Waals surface area contributed by atoms with Crippen molar-refractivity contribution in [3.05, 3.63) is 0 Å². The van der Waals surface area contributed by atoms with E-state index in [9.17, 15) is 0 Å². The first kappa shape index (κ1) is 7.93. The highest BCUT2D eigenvalue weighted by Gasteiger charge is 2.00. The number of aryl methyl sites for hydroxylation is 1. The fraction of sp³-hybridized carbons (Fsp3) is 0.800. The van der Waals surface area contributed by atoms with Gasteiger partial charge in [-0.3, -0.25) is 5.43 Å². The predicted octanol–water partition coefficient (Wildman–Crippen LogP) is -0.241. The van der Waals surface area contributed by atoms with Crippen LogP contribution < -0.4 is 11.3 Å². The van der Waals surface area contributed by atoms with Gasteiger partial charge >= 0.3 is 0 Å². The van der Waals surface area contributed by atoms with Crippen molar-refractivity contribution in [3.63, 3.8) is 0 Å². The number of tetrazole rings is 1. The summed E-state index contributed by atoms with van der Waals surface area (Å²) >= 11 is 0. The van der Waals surface area contributed by atoms with Crippen molar-refractivity contribution in [2.45, 2.75) is 26.3 Å². The van der Waals surface area contributed by atoms with Gasteiger partial charge in [-0.25, -0.2) is 10.5 Å². The molecule has 0 aromatic carbocycles. The van der Waals surface area contributed by atoms with E-state index >= 15 is 0 Å². The number of anilines is 1. The fourth-order valence-corrected chi connectivity index (χ4v) is 0.767. The molecule has 0 bridgehead atoms. The number of rotatable bonds is 4. The average molecular weight is 156 g/mol. The zero-order valence-corrected chi connectivity index (χ0v) is 6.49. The number of hydrogen-bond acceptors (Lipinski definition) is 5. The summed E-state index contributed by atoms with van der Waals surface area (Å²) in [4.78, 5) is 0. The van der Waals surface area contributed by atoms with Gasteiger partial charge in [0.1, 0.15) is 0 Å². The second-order valence-electron chi connectivity index (χ2n) is 2.22. The van der Waals surface area contributed by atoms with Crippen LogP contribution in [0.5, 0.6) is 0 Å². The Bertz CT molecular complexity index is 206. The minimum Gasteiger partial charge on any atom is -0.291 e. The van der Waals surface area contributed by atoms with E-state index in [-0.39, 0.29) is 0 Å². The summed E-state index contributed by atoms with van der Waals surface area (Å²) in [6, 6.07) is 0. The highest BCUT2D eigenvalue weighted by Crippen LogP contribution is 1.98. The maximum absolute atomic E-state index is 5.15. The van der Waals surface area contributed by atoms with Crippen molar-refractivity contribution in [3.8, 4) is 0 Å². The zero-order chi connectivity index (χ0) is 8.10. The van der Waals surface area contributed by atoms with Gasteiger partial charge in [0.05, 0.1) is 0 Å². The minimum atomic E-state index is 0.512. The van der Waals surface area contributed by atoms with Crippen LogP contribution in [0.15, 0.2) is 0 Å². The molecule has 0 spiro atoms. The Kier molecular flexibility index (Phi) is 2.79. The highest BCUT2D eigenvalue weighted by molar-refractivity contribution is 5.17. The summed E-state index contributed by atoms with van der Waals surface area (Å²) in [6.45, 7) is 2.92. The third kappa shape index (κ3) is 1.87. The largest absolute Gasteiger partial charge is 0.291 e. The quantitative estimate of drug-likeness (QED) is 0.464. The monoisotopic (exact) mass is 156 g/mol. The number of nitrogens with two attached hydrogens (primary N) is 1. The van der Waals surface area contributed by atoms with Crippen molar-refractivity contribution in [1.82, 2.24) is 20.2 Å². The number of hydrogen-bond donors (Lipinski definition) is 2. The molecule has 0 aliphatic heterocycles. The van der Waals surface area contributed by atoms with Crippen LogP contribution in [0.2, 0.25) is 0 Å². The lowest BCUT2D eigenvalue weighted by molar-refractivity contribution is 0.557. The van der Waals surface area contributed by atoms with E-state index < -0.39 is 0 Å². The van der Waals surface area contributed by atoms with Gasteiger partial charge in [-0.05, 0) is 16.8 Å². The molecule has 11 heavy (non-hydrogen) atoms. The lowest BCUT2D eigenvalue weighted by Gasteiger charge is -2.00. The first-order valence-corrected chi connectivity index (χ1v) is 3.61. The first-order chi connectivity index (χ1) is 5.38. The highest BCUT2D eigenvalue weighted by atomic mass is 15.6. The molecule has 1 rings (SSSR count). The molecule has 0 unspecified atom stereocenters. The summed E-state index contributed by atoms with van der Waals surface area (Å²) in [7, 11) is 0. The van der Waals surface area contributed by atoms with Gasteiger partial charge in [0.2, 0.25) is 0 Å². The van der Waals surface area contributed by atoms with E-state index in [1.54, 1.807) is 4.68 Å². The van der Waals surface area contributed by atoms with Crippen LogP contribution in [0.1, 0.15) is 19.8 Å². The molecule has 0 aliphatic rings. The number of hydrazine groups is 1. The van der Waals surface area contributed by atoms with Gasteiger partial charge in [-0.2, -0.15) is 0 Å². The van der Waals surface area contributed by atoms with E-state index in [0.717, 1.165) is 19.4 Å². The van der Waals surface area contributed by atoms with Gasteiger partial charge < -0.3 is 0 Å². The van der Waals surface area contributed by atoms with Gasteiger partial charge in [0, 0.05) is 6.54 Å². The van der Waals surface area contributed by atoms with Crippen LogP contribution in [0.25, 0.3) is 0 Å². The van der Waals surface area contributed by atoms with Crippen LogP contribution in [-0.2, 0) is 6.54 Å². The maximum atomic E-state index is 5.15. The van der Waals surface area contributed by atoms with Gasteiger partial charge in [0.15, 0.2) is 0 Å². The van der Waals surface area contributed by atoms with E-state index in [1.165, 1.54) is 0 Å². The molecule has 0 saturated heterocycles. The van der Waals surface area contributed by atoms with E-state index in [1.807, 2.05) is 0 Å². The second kappa shape index (κ2) is 3.87. The van der Waals surface area contributed by atoms with E-state index in [4.69, 9.17) is 5.84 Å². The summed E-state index contributed by atoms with van der Waals surface area (Å²) in [5.74, 6) is 5.67. The SMILES string of the molecule is CCCCn1nnnc1NN. The zero-order valence-electron chi connectivity index (χ0n) is 6.49. The normalized spacial score (nSPS) is 10.0. The molecule has 0 atom stereocenters. The Labute approximate surface area is 64.7 Å². The lowest BCUT2D eigenvalue weighted by Crippen LogP contribution is -2.14. The summed E-state index contributed by atoms with van der Waals surface area (Å²) in [6.07, 6.45) is 2.17. The summed E-state index contributed by atoms with van der Waals surface area (Å²) in [5, 5.41) is 10.9. The van der Waals surface area contributed by atoms with Gasteiger partial charge in [0.25, 0.3) is 5.95 Å². The molecule has 0 saturated carbocycles. The van der Waals surface area contributed by atoms with Gasteiger partial charge in [-0.1, -0.05) is 18.4 Å². The molecular formula is C5H12N6. The molecular weight excluding hydrogens is 144 g/mol. The van der Waals surface area contributed by atoms with Crippen LogP contribution in [-0.4, -0.2) is 20.2 Å². The summed E-state index contributed by atoms with van der Waals surface area (Å²) < 4.78 is 1.64. The molecule has 1 heterocycles. The Morgan fingerprint density at radius 2 is 2.45 bits per heavy atom. The number of nitrogens with one attached hydrogen (secondary N) is 1. The van der Waals surface area contributed by atoms with Crippen molar-refractivity contribution in [2.75, 3.05) is 5.43 Å². The molecule has 62 valence electrons. The maximum Gasteiger partial charge on any atom is 0.257 e. The lowest BCUT2D eigenvalue weighted by atomic mass is 10.3. The number of nitrogen functional groups attached to an aromatic ring is 1. The van der Waals surface area contributed by atoms with E-state index in [2.05, 4.69) is 27.9 Å². The van der Waals surface area contributed by atoms with Crippen molar-refractivity contribution < 1.29 is 0 Å². The Morgan fingerprint density at radius 3 is 3.09 bits per heavy atom. The summed E-state index contributed by atoms with van der Waals surface area (Å²) in [5.41, 5.74) is 2.41. The molecule has 0 fully saturated rings.